The van der Waals surface area contributed by atoms with Crippen LogP contribution >= 0.6 is 0 Å². The van der Waals surface area contributed by atoms with Crippen LogP contribution in [0.2, 0.25) is 28.6 Å². The van der Waals surface area contributed by atoms with Crippen LogP contribution < -0.4 is 0 Å². The van der Waals surface area contributed by atoms with Gasteiger partial charge in [-0.15, -0.1) is 0 Å². The number of hydrogen-bond donors (Lipinski definition) is 2. The van der Waals surface area contributed by atoms with Gasteiger partial charge in [-0.1, -0.05) is 0 Å². The van der Waals surface area contributed by atoms with E-state index in [1.165, 1.54) is 0 Å². The molecule has 0 radical (unpaired) electrons. The van der Waals surface area contributed by atoms with Gasteiger partial charge in [0.25, 0.3) is 0 Å². The molecule has 0 saturated heterocycles. The summed E-state index contributed by atoms with van der Waals surface area (Å²) >= 11 is -2.62. The zero-order valence-corrected chi connectivity index (χ0v) is 17.0. The Hall–Kier alpha value is 1.48. The standard InChI is InChI=1S/C6H12O3.4CH3.2Sn.2H/c1-5(7)3-9-4-6(2)8;;;;;;;;/h5-8H,1-4H2;4*1H3;;;;. The van der Waals surface area contributed by atoms with Gasteiger partial charge in [-0.25, -0.2) is 0 Å². The van der Waals surface area contributed by atoms with Crippen molar-refractivity contribution >= 4 is 39.5 Å². The van der Waals surface area contributed by atoms with Crippen LogP contribution in [0.5, 0.6) is 0 Å². The number of ether oxygens (including phenoxy) is 1. The summed E-state index contributed by atoms with van der Waals surface area (Å²) in [4.78, 5) is 9.14. The van der Waals surface area contributed by atoms with Gasteiger partial charge in [0.15, 0.2) is 0 Å². The van der Waals surface area contributed by atoms with Gasteiger partial charge in [-0.2, -0.15) is 0 Å². The van der Waals surface area contributed by atoms with E-state index >= 15 is 0 Å². The number of aliphatic hydroxyl groups is 2. The molecule has 0 aromatic carbocycles. The number of rotatable bonds is 8. The molecule has 0 aromatic heterocycles. The minimum atomic E-state index is -1.31. The van der Waals surface area contributed by atoms with E-state index in [2.05, 4.69) is 19.8 Å². The predicted octanol–water partition coefficient (Wildman–Crippen LogP) is 0.698. The van der Waals surface area contributed by atoms with Crippen molar-refractivity contribution in [2.75, 3.05) is 13.2 Å². The second kappa shape index (κ2) is 9.50. The third-order valence-corrected chi connectivity index (χ3v) is 10.6. The SMILES string of the molecule is [CH3][SnH]([CH3])[CH2]C(O)COCC(O)[CH2][SnH]([CH3])[CH3]. The van der Waals surface area contributed by atoms with Crippen LogP contribution in [-0.2, 0) is 4.74 Å². The second-order valence-electron chi connectivity index (χ2n) is 5.10. The zero-order valence-electron chi connectivity index (χ0n) is 10.4. The van der Waals surface area contributed by atoms with Crippen LogP contribution in [0.25, 0.3) is 0 Å². The van der Waals surface area contributed by atoms with Gasteiger partial charge >= 0.3 is 109 Å². The molecule has 5 heteroatoms. The summed E-state index contributed by atoms with van der Waals surface area (Å²) in [6.45, 7) is 0.805. The summed E-state index contributed by atoms with van der Waals surface area (Å²) in [5, 5.41) is 19.1. The van der Waals surface area contributed by atoms with Crippen LogP contribution in [0.4, 0.5) is 0 Å². The van der Waals surface area contributed by atoms with E-state index in [-0.39, 0.29) is 12.2 Å². The van der Waals surface area contributed by atoms with Crippen molar-refractivity contribution in [1.82, 2.24) is 0 Å². The maximum atomic E-state index is 9.57. The van der Waals surface area contributed by atoms with Crippen LogP contribution in [0.3, 0.4) is 0 Å². The monoisotopic (exact) mass is 434 g/mol. The number of hydrogen-bond acceptors (Lipinski definition) is 3. The molecule has 15 heavy (non-hydrogen) atoms. The van der Waals surface area contributed by atoms with Crippen LogP contribution in [-0.4, -0.2) is 75.2 Å². The third-order valence-electron chi connectivity index (χ3n) is 2.11. The second-order valence-corrected chi connectivity index (χ2v) is 23.7. The van der Waals surface area contributed by atoms with E-state index in [9.17, 15) is 10.2 Å². The predicted molar refractivity (Wildman–Crippen MR) is 70.2 cm³/mol. The Labute approximate surface area is 108 Å². The quantitative estimate of drug-likeness (QED) is 0.556. The molecule has 0 fully saturated rings. The van der Waals surface area contributed by atoms with Crippen molar-refractivity contribution in [1.29, 1.82) is 0 Å². The average Bonchev–Trinajstić information content (AvgIpc) is 2.00. The molecule has 0 amide bonds. The molecule has 2 atom stereocenters. The Morgan fingerprint density at radius 2 is 1.20 bits per heavy atom. The molecule has 0 heterocycles. The molecule has 0 spiro atoms. The van der Waals surface area contributed by atoms with Gasteiger partial charge in [-0.05, 0) is 0 Å². The van der Waals surface area contributed by atoms with E-state index in [0.29, 0.717) is 13.2 Å². The Morgan fingerprint density at radius 1 is 0.867 bits per heavy atom. The Kier molecular flexibility index (Phi) is 10.4. The summed E-state index contributed by atoms with van der Waals surface area (Å²) in [5.41, 5.74) is 0. The van der Waals surface area contributed by atoms with Gasteiger partial charge < -0.3 is 0 Å². The van der Waals surface area contributed by atoms with Gasteiger partial charge in [-0.3, -0.25) is 0 Å². The van der Waals surface area contributed by atoms with Crippen molar-refractivity contribution in [2.24, 2.45) is 0 Å². The summed E-state index contributed by atoms with van der Waals surface area (Å²) in [6.07, 6.45) is -0.592. The first-order valence-electron chi connectivity index (χ1n) is 5.85. The fourth-order valence-corrected chi connectivity index (χ4v) is 8.55. The van der Waals surface area contributed by atoms with Crippen LogP contribution in [0.15, 0.2) is 0 Å². The molecule has 0 aliphatic rings. The third kappa shape index (κ3) is 11.7. The van der Waals surface area contributed by atoms with Crippen molar-refractivity contribution < 1.29 is 14.9 Å². The Balaban J connectivity index is 3.44. The van der Waals surface area contributed by atoms with E-state index in [1.54, 1.807) is 0 Å². The fraction of sp³-hybridized carbons (Fsp3) is 1.00. The molecule has 92 valence electrons. The molecule has 2 unspecified atom stereocenters. The first kappa shape index (κ1) is 16.5. The maximum absolute atomic E-state index is 9.57. The molecular formula is C10H26O3Sn2. The molecule has 0 aliphatic heterocycles. The van der Waals surface area contributed by atoms with Crippen LogP contribution in [0.1, 0.15) is 0 Å². The van der Waals surface area contributed by atoms with Gasteiger partial charge in [0, 0.05) is 0 Å². The molecule has 0 aliphatic carbocycles. The normalized spacial score (nSPS) is 16.0. The molecule has 0 bridgehead atoms. The summed E-state index contributed by atoms with van der Waals surface area (Å²) < 4.78 is 7.27. The molecule has 3 nitrogen and oxygen atoms in total. The van der Waals surface area contributed by atoms with Crippen molar-refractivity contribution in [3.05, 3.63) is 0 Å². The molecule has 0 aromatic rings. The van der Waals surface area contributed by atoms with Gasteiger partial charge in [0.1, 0.15) is 0 Å². The summed E-state index contributed by atoms with van der Waals surface area (Å²) in [7, 11) is 0. The average molecular weight is 432 g/mol. The van der Waals surface area contributed by atoms with Crippen molar-refractivity contribution in [2.45, 2.75) is 40.8 Å². The minimum absolute atomic E-state index is 0.296. The van der Waals surface area contributed by atoms with Gasteiger partial charge in [0.05, 0.1) is 0 Å². The van der Waals surface area contributed by atoms with Crippen molar-refractivity contribution in [3.8, 4) is 0 Å². The number of aliphatic hydroxyl groups excluding tert-OH is 2. The Bertz CT molecular complexity index is 138. The van der Waals surface area contributed by atoms with E-state index in [0.717, 1.165) is 8.87 Å². The molecule has 0 saturated carbocycles. The molecular weight excluding hydrogens is 406 g/mol. The van der Waals surface area contributed by atoms with Crippen LogP contribution in [0, 0.1) is 0 Å². The first-order valence-corrected chi connectivity index (χ1v) is 23.7. The zero-order chi connectivity index (χ0) is 11.8. The topological polar surface area (TPSA) is 49.7 Å². The summed E-state index contributed by atoms with van der Waals surface area (Å²) in [5.74, 6) is 0. The van der Waals surface area contributed by atoms with Crippen molar-refractivity contribution in [3.63, 3.8) is 0 Å². The van der Waals surface area contributed by atoms with E-state index < -0.39 is 39.5 Å². The van der Waals surface area contributed by atoms with E-state index in [1.807, 2.05) is 0 Å². The van der Waals surface area contributed by atoms with Gasteiger partial charge in [0.2, 0.25) is 0 Å². The molecule has 2 N–H and O–H groups in total. The first-order chi connectivity index (χ1) is 6.91. The van der Waals surface area contributed by atoms with E-state index in [4.69, 9.17) is 4.74 Å². The Morgan fingerprint density at radius 3 is 1.47 bits per heavy atom. The molecule has 0 rings (SSSR count). The fourth-order valence-electron chi connectivity index (χ4n) is 1.56. The summed E-state index contributed by atoms with van der Waals surface area (Å²) in [6, 6.07) is 0.